The van der Waals surface area contributed by atoms with E-state index in [1.165, 1.54) is 23.5 Å². The number of carbonyl (C=O) groups excluding carboxylic acids is 3. The van der Waals surface area contributed by atoms with Gasteiger partial charge in [-0.1, -0.05) is 6.92 Å². The Labute approximate surface area is 193 Å². The lowest BCUT2D eigenvalue weighted by atomic mass is 9.77. The van der Waals surface area contributed by atoms with Crippen molar-refractivity contribution in [2.24, 2.45) is 11.8 Å². The highest BCUT2D eigenvalue weighted by Gasteiger charge is 2.53. The van der Waals surface area contributed by atoms with Gasteiger partial charge in [-0.25, -0.2) is 13.2 Å². The van der Waals surface area contributed by atoms with Gasteiger partial charge >= 0.3 is 6.03 Å². The standard InChI is InChI=1S/C22H30N4O6S/c1-15-7-11-22(12-8-15)20(28)26(21(29)23-22)24-19(27)16-9-13-25(14-10-16)33(30,31)18-5-3-17(32-2)4-6-18/h3-6,15-16H,7-14H2,1-2H3,(H,23,29)(H,24,27). The summed E-state index contributed by atoms with van der Waals surface area (Å²) in [7, 11) is -2.17. The Bertz CT molecular complexity index is 1030. The Hall–Kier alpha value is -2.66. The number of rotatable bonds is 5. The molecule has 1 aromatic carbocycles. The predicted molar refractivity (Wildman–Crippen MR) is 118 cm³/mol. The molecule has 4 rings (SSSR count). The van der Waals surface area contributed by atoms with Crippen LogP contribution in [0, 0.1) is 11.8 Å². The topological polar surface area (TPSA) is 125 Å². The van der Waals surface area contributed by atoms with E-state index in [1.807, 2.05) is 0 Å². The maximum absolute atomic E-state index is 12.9. The number of urea groups is 1. The first-order chi connectivity index (χ1) is 15.7. The summed E-state index contributed by atoms with van der Waals surface area (Å²) in [6, 6.07) is 5.55. The monoisotopic (exact) mass is 478 g/mol. The summed E-state index contributed by atoms with van der Waals surface area (Å²) < 4.78 is 32.2. The fourth-order valence-electron chi connectivity index (χ4n) is 4.77. The number of imide groups is 1. The molecule has 4 amide bonds. The lowest BCUT2D eigenvalue weighted by molar-refractivity contribution is -0.142. The second-order valence-corrected chi connectivity index (χ2v) is 11.1. The molecule has 0 unspecified atom stereocenters. The van der Waals surface area contributed by atoms with E-state index in [0.29, 0.717) is 37.4 Å². The highest BCUT2D eigenvalue weighted by Crippen LogP contribution is 2.36. The number of ether oxygens (including phenoxy) is 1. The largest absolute Gasteiger partial charge is 0.497 e. The lowest BCUT2D eigenvalue weighted by Crippen LogP contribution is -2.53. The molecule has 0 radical (unpaired) electrons. The van der Waals surface area contributed by atoms with Crippen molar-refractivity contribution in [3.8, 4) is 5.75 Å². The Kier molecular flexibility index (Phi) is 6.37. The Morgan fingerprint density at radius 1 is 1.09 bits per heavy atom. The number of hydrogen-bond acceptors (Lipinski definition) is 6. The van der Waals surface area contributed by atoms with Gasteiger partial charge < -0.3 is 10.1 Å². The molecular weight excluding hydrogens is 448 g/mol. The molecule has 0 bridgehead atoms. The van der Waals surface area contributed by atoms with E-state index in [1.54, 1.807) is 12.1 Å². The minimum Gasteiger partial charge on any atom is -0.497 e. The average molecular weight is 479 g/mol. The summed E-state index contributed by atoms with van der Waals surface area (Å²) in [5, 5.41) is 3.58. The van der Waals surface area contributed by atoms with E-state index < -0.39 is 39.3 Å². The molecule has 0 aromatic heterocycles. The van der Waals surface area contributed by atoms with E-state index in [9.17, 15) is 22.8 Å². The van der Waals surface area contributed by atoms with Crippen molar-refractivity contribution < 1.29 is 27.5 Å². The normalized spacial score (nSPS) is 27.0. The first-order valence-electron chi connectivity index (χ1n) is 11.3. The van der Waals surface area contributed by atoms with Crippen molar-refractivity contribution in [1.29, 1.82) is 0 Å². The Morgan fingerprint density at radius 2 is 1.70 bits per heavy atom. The van der Waals surface area contributed by atoms with Crippen LogP contribution in [0.3, 0.4) is 0 Å². The summed E-state index contributed by atoms with van der Waals surface area (Å²) in [5.41, 5.74) is 1.56. The van der Waals surface area contributed by atoms with Crippen molar-refractivity contribution in [1.82, 2.24) is 20.1 Å². The third kappa shape index (κ3) is 4.43. The second-order valence-electron chi connectivity index (χ2n) is 9.17. The quantitative estimate of drug-likeness (QED) is 0.620. The number of piperidine rings is 1. The molecule has 3 aliphatic rings. The molecule has 2 heterocycles. The smallest absolute Gasteiger partial charge is 0.344 e. The van der Waals surface area contributed by atoms with Crippen molar-refractivity contribution >= 4 is 27.9 Å². The first-order valence-corrected chi connectivity index (χ1v) is 12.7. The molecule has 0 atom stereocenters. The van der Waals surface area contributed by atoms with Crippen LogP contribution in [-0.4, -0.2) is 61.3 Å². The van der Waals surface area contributed by atoms with Gasteiger partial charge in [0.15, 0.2) is 0 Å². The van der Waals surface area contributed by atoms with Gasteiger partial charge in [-0.3, -0.25) is 15.0 Å². The second kappa shape index (κ2) is 8.94. The maximum Gasteiger partial charge on any atom is 0.344 e. The fraction of sp³-hybridized carbons (Fsp3) is 0.591. The third-order valence-corrected chi connectivity index (χ3v) is 8.95. The van der Waals surface area contributed by atoms with Crippen molar-refractivity contribution in [3.05, 3.63) is 24.3 Å². The van der Waals surface area contributed by atoms with Crippen molar-refractivity contribution in [2.45, 2.75) is 55.9 Å². The highest BCUT2D eigenvalue weighted by atomic mass is 32.2. The predicted octanol–water partition coefficient (Wildman–Crippen LogP) is 1.63. The van der Waals surface area contributed by atoms with Gasteiger partial charge in [0.2, 0.25) is 15.9 Å². The molecule has 3 fully saturated rings. The molecule has 180 valence electrons. The lowest BCUT2D eigenvalue weighted by Gasteiger charge is -2.33. The minimum atomic E-state index is -3.68. The minimum absolute atomic E-state index is 0.164. The summed E-state index contributed by atoms with van der Waals surface area (Å²) in [6.07, 6.45) is 3.41. The molecule has 1 aromatic rings. The zero-order chi connectivity index (χ0) is 23.8. The van der Waals surface area contributed by atoms with E-state index in [2.05, 4.69) is 17.7 Å². The van der Waals surface area contributed by atoms with Crippen LogP contribution in [0.4, 0.5) is 4.79 Å². The third-order valence-electron chi connectivity index (χ3n) is 7.03. The molecule has 1 aliphatic carbocycles. The molecule has 11 heteroatoms. The number of carbonyl (C=O) groups is 3. The van der Waals surface area contributed by atoms with Gasteiger partial charge in [-0.15, -0.1) is 0 Å². The molecule has 33 heavy (non-hydrogen) atoms. The number of methoxy groups -OCH3 is 1. The van der Waals surface area contributed by atoms with E-state index in [0.717, 1.165) is 17.9 Å². The van der Waals surface area contributed by atoms with Crippen LogP contribution in [0.2, 0.25) is 0 Å². The first kappa shape index (κ1) is 23.5. The number of hydrogen-bond donors (Lipinski definition) is 2. The summed E-state index contributed by atoms with van der Waals surface area (Å²) >= 11 is 0. The maximum atomic E-state index is 12.9. The van der Waals surface area contributed by atoms with Gasteiger partial charge in [0.25, 0.3) is 5.91 Å². The van der Waals surface area contributed by atoms with Crippen LogP contribution in [-0.2, 0) is 19.6 Å². The summed E-state index contributed by atoms with van der Waals surface area (Å²) in [4.78, 5) is 38.3. The molecule has 2 N–H and O–H groups in total. The molecule has 2 aliphatic heterocycles. The van der Waals surface area contributed by atoms with Crippen LogP contribution in [0.25, 0.3) is 0 Å². The van der Waals surface area contributed by atoms with Crippen molar-refractivity contribution in [3.63, 3.8) is 0 Å². The number of nitrogens with one attached hydrogen (secondary N) is 2. The van der Waals surface area contributed by atoms with Crippen LogP contribution < -0.4 is 15.5 Å². The number of amides is 4. The number of hydrazine groups is 1. The molecule has 2 saturated heterocycles. The van der Waals surface area contributed by atoms with Crippen LogP contribution >= 0.6 is 0 Å². The van der Waals surface area contributed by atoms with Crippen LogP contribution in [0.15, 0.2) is 29.2 Å². The molecule has 1 saturated carbocycles. The zero-order valence-corrected chi connectivity index (χ0v) is 19.7. The summed E-state index contributed by atoms with van der Waals surface area (Å²) in [5.74, 6) is -0.276. The van der Waals surface area contributed by atoms with E-state index in [4.69, 9.17) is 4.74 Å². The Balaban J connectivity index is 1.35. The SMILES string of the molecule is COc1ccc(S(=O)(=O)N2CCC(C(=O)NN3C(=O)NC4(CCC(C)CC4)C3=O)CC2)cc1. The number of sulfonamides is 1. The fourth-order valence-corrected chi connectivity index (χ4v) is 6.24. The molecular formula is C22H30N4O6S. The van der Waals surface area contributed by atoms with E-state index >= 15 is 0 Å². The zero-order valence-electron chi connectivity index (χ0n) is 18.9. The van der Waals surface area contributed by atoms with Crippen LogP contribution in [0.1, 0.15) is 45.4 Å². The van der Waals surface area contributed by atoms with Gasteiger partial charge in [-0.05, 0) is 68.7 Å². The van der Waals surface area contributed by atoms with E-state index in [-0.39, 0.29) is 18.0 Å². The molecule has 1 spiro atoms. The van der Waals surface area contributed by atoms with Gasteiger partial charge in [-0.2, -0.15) is 9.31 Å². The highest BCUT2D eigenvalue weighted by molar-refractivity contribution is 7.89. The number of benzene rings is 1. The van der Waals surface area contributed by atoms with Crippen LogP contribution in [0.5, 0.6) is 5.75 Å². The van der Waals surface area contributed by atoms with Gasteiger partial charge in [0.1, 0.15) is 11.3 Å². The van der Waals surface area contributed by atoms with Gasteiger partial charge in [0, 0.05) is 19.0 Å². The summed E-state index contributed by atoms with van der Waals surface area (Å²) in [6.45, 7) is 2.47. The number of nitrogens with zero attached hydrogens (tertiary/aromatic N) is 2. The average Bonchev–Trinajstić information content (AvgIpc) is 3.05. The van der Waals surface area contributed by atoms with Crippen molar-refractivity contribution in [2.75, 3.05) is 20.2 Å². The Morgan fingerprint density at radius 3 is 2.27 bits per heavy atom. The van der Waals surface area contributed by atoms with Gasteiger partial charge in [0.05, 0.1) is 12.0 Å². The molecule has 10 nitrogen and oxygen atoms in total.